The van der Waals surface area contributed by atoms with Crippen molar-refractivity contribution in [3.8, 4) is 0 Å². The van der Waals surface area contributed by atoms with Crippen molar-refractivity contribution in [1.29, 1.82) is 0 Å². The van der Waals surface area contributed by atoms with Crippen LogP contribution in [0.25, 0.3) is 0 Å². The van der Waals surface area contributed by atoms with Crippen LogP contribution in [0, 0.1) is 6.92 Å². The van der Waals surface area contributed by atoms with Gasteiger partial charge in [0.15, 0.2) is 0 Å². The number of piperazine rings is 1. The summed E-state index contributed by atoms with van der Waals surface area (Å²) in [6, 6.07) is 16.1. The molecule has 0 spiro atoms. The summed E-state index contributed by atoms with van der Waals surface area (Å²) >= 11 is 6.06. The maximum absolute atomic E-state index is 12.5. The third-order valence-corrected chi connectivity index (χ3v) is 4.48. The molecule has 1 aliphatic heterocycles. The lowest BCUT2D eigenvalue weighted by atomic mass is 10.1. The zero-order valence-corrected chi connectivity index (χ0v) is 14.1. The van der Waals surface area contributed by atoms with Crippen LogP contribution in [-0.2, 0) is 11.2 Å². The summed E-state index contributed by atoms with van der Waals surface area (Å²) in [5, 5.41) is 0.750. The molecule has 120 valence electrons. The fourth-order valence-electron chi connectivity index (χ4n) is 3.00. The van der Waals surface area contributed by atoms with E-state index in [1.54, 1.807) is 0 Å². The standard InChI is InChI=1S/C19H21ClN2O/c1-15-4-2-5-16(12-15)13-19(23)22-10-8-21(9-11-22)18-7-3-6-17(20)14-18/h2-7,12,14H,8-11,13H2,1H3. The molecule has 0 aromatic heterocycles. The molecule has 1 amide bonds. The number of benzene rings is 2. The van der Waals surface area contributed by atoms with Crippen LogP contribution in [0.1, 0.15) is 11.1 Å². The predicted molar refractivity (Wildman–Crippen MR) is 95.1 cm³/mol. The van der Waals surface area contributed by atoms with E-state index in [2.05, 4.69) is 30.0 Å². The summed E-state index contributed by atoms with van der Waals surface area (Å²) in [5.41, 5.74) is 3.41. The van der Waals surface area contributed by atoms with Crippen LogP contribution in [0.3, 0.4) is 0 Å². The molecule has 0 radical (unpaired) electrons. The Morgan fingerprint density at radius 1 is 1.04 bits per heavy atom. The molecule has 1 aliphatic rings. The van der Waals surface area contributed by atoms with Gasteiger partial charge in [-0.25, -0.2) is 0 Å². The first-order chi connectivity index (χ1) is 11.1. The summed E-state index contributed by atoms with van der Waals surface area (Å²) in [5.74, 6) is 0.210. The second kappa shape index (κ2) is 7.05. The zero-order valence-electron chi connectivity index (χ0n) is 13.3. The molecule has 4 heteroatoms. The highest BCUT2D eigenvalue weighted by molar-refractivity contribution is 6.30. The lowest BCUT2D eigenvalue weighted by Crippen LogP contribution is -2.49. The highest BCUT2D eigenvalue weighted by Crippen LogP contribution is 2.21. The van der Waals surface area contributed by atoms with E-state index in [0.29, 0.717) is 6.42 Å². The molecule has 2 aromatic rings. The van der Waals surface area contributed by atoms with Crippen molar-refractivity contribution in [3.05, 3.63) is 64.7 Å². The molecule has 1 saturated heterocycles. The topological polar surface area (TPSA) is 23.6 Å². The number of hydrogen-bond acceptors (Lipinski definition) is 2. The van der Waals surface area contributed by atoms with Crippen LogP contribution in [0.4, 0.5) is 5.69 Å². The lowest BCUT2D eigenvalue weighted by Gasteiger charge is -2.36. The van der Waals surface area contributed by atoms with Crippen LogP contribution in [0.2, 0.25) is 5.02 Å². The fourth-order valence-corrected chi connectivity index (χ4v) is 3.18. The molecule has 2 aromatic carbocycles. The summed E-state index contributed by atoms with van der Waals surface area (Å²) < 4.78 is 0. The minimum absolute atomic E-state index is 0.210. The van der Waals surface area contributed by atoms with E-state index >= 15 is 0 Å². The molecular weight excluding hydrogens is 308 g/mol. The van der Waals surface area contributed by atoms with E-state index in [1.165, 1.54) is 5.56 Å². The Morgan fingerprint density at radius 3 is 2.48 bits per heavy atom. The minimum atomic E-state index is 0.210. The second-order valence-electron chi connectivity index (χ2n) is 6.01. The van der Waals surface area contributed by atoms with Gasteiger partial charge in [-0.3, -0.25) is 4.79 Å². The Balaban J connectivity index is 1.57. The van der Waals surface area contributed by atoms with Crippen molar-refractivity contribution in [1.82, 2.24) is 4.90 Å². The molecule has 1 fully saturated rings. The molecule has 0 N–H and O–H groups in total. The van der Waals surface area contributed by atoms with E-state index in [4.69, 9.17) is 11.6 Å². The number of anilines is 1. The highest BCUT2D eigenvalue weighted by Gasteiger charge is 2.21. The van der Waals surface area contributed by atoms with Crippen molar-refractivity contribution in [2.45, 2.75) is 13.3 Å². The average Bonchev–Trinajstić information content (AvgIpc) is 2.55. The van der Waals surface area contributed by atoms with E-state index in [9.17, 15) is 4.79 Å². The predicted octanol–water partition coefficient (Wildman–Crippen LogP) is 3.54. The van der Waals surface area contributed by atoms with Gasteiger partial charge in [-0.2, -0.15) is 0 Å². The number of rotatable bonds is 3. The van der Waals surface area contributed by atoms with Crippen LogP contribution >= 0.6 is 11.6 Å². The maximum atomic E-state index is 12.5. The fraction of sp³-hybridized carbons (Fsp3) is 0.316. The number of aryl methyl sites for hydroxylation is 1. The number of halogens is 1. The lowest BCUT2D eigenvalue weighted by molar-refractivity contribution is -0.130. The van der Waals surface area contributed by atoms with Crippen LogP contribution in [-0.4, -0.2) is 37.0 Å². The Labute approximate surface area is 142 Å². The molecule has 3 nitrogen and oxygen atoms in total. The Morgan fingerprint density at radius 2 is 1.78 bits per heavy atom. The molecule has 3 rings (SSSR count). The average molecular weight is 329 g/mol. The first-order valence-electron chi connectivity index (χ1n) is 7.96. The van der Waals surface area contributed by atoms with Gasteiger partial charge >= 0.3 is 0 Å². The van der Waals surface area contributed by atoms with E-state index in [1.807, 2.05) is 35.2 Å². The zero-order chi connectivity index (χ0) is 16.2. The van der Waals surface area contributed by atoms with Crippen LogP contribution < -0.4 is 4.90 Å². The van der Waals surface area contributed by atoms with Gasteiger partial charge < -0.3 is 9.80 Å². The number of carbonyl (C=O) groups is 1. The largest absolute Gasteiger partial charge is 0.368 e. The van der Waals surface area contributed by atoms with Gasteiger partial charge in [0, 0.05) is 36.9 Å². The molecule has 0 bridgehead atoms. The normalized spacial score (nSPS) is 14.9. The van der Waals surface area contributed by atoms with Gasteiger partial charge in [0.05, 0.1) is 6.42 Å². The second-order valence-corrected chi connectivity index (χ2v) is 6.45. The number of nitrogens with zero attached hydrogens (tertiary/aromatic N) is 2. The molecule has 0 unspecified atom stereocenters. The number of amides is 1. The number of carbonyl (C=O) groups excluding carboxylic acids is 1. The van der Waals surface area contributed by atoms with Gasteiger partial charge in [0.2, 0.25) is 5.91 Å². The minimum Gasteiger partial charge on any atom is -0.368 e. The Bertz CT molecular complexity index is 693. The first kappa shape index (κ1) is 15.9. The third kappa shape index (κ3) is 4.05. The quantitative estimate of drug-likeness (QED) is 0.860. The summed E-state index contributed by atoms with van der Waals surface area (Å²) in [6.07, 6.45) is 0.485. The smallest absolute Gasteiger partial charge is 0.227 e. The maximum Gasteiger partial charge on any atom is 0.227 e. The summed E-state index contributed by atoms with van der Waals surface area (Å²) in [4.78, 5) is 16.7. The van der Waals surface area contributed by atoms with Gasteiger partial charge in [0.1, 0.15) is 0 Å². The molecule has 1 heterocycles. The van der Waals surface area contributed by atoms with Crippen molar-refractivity contribution in [3.63, 3.8) is 0 Å². The molecule has 0 saturated carbocycles. The first-order valence-corrected chi connectivity index (χ1v) is 8.33. The van der Waals surface area contributed by atoms with Crippen molar-refractivity contribution < 1.29 is 4.79 Å². The Kier molecular flexibility index (Phi) is 4.87. The SMILES string of the molecule is Cc1cccc(CC(=O)N2CCN(c3cccc(Cl)c3)CC2)c1. The molecule has 0 atom stereocenters. The van der Waals surface area contributed by atoms with Crippen molar-refractivity contribution in [2.24, 2.45) is 0 Å². The van der Waals surface area contributed by atoms with Crippen molar-refractivity contribution in [2.75, 3.05) is 31.1 Å². The van der Waals surface area contributed by atoms with Gasteiger partial charge in [0.25, 0.3) is 0 Å². The van der Waals surface area contributed by atoms with Crippen LogP contribution in [0.15, 0.2) is 48.5 Å². The van der Waals surface area contributed by atoms with E-state index in [0.717, 1.165) is 42.5 Å². The van der Waals surface area contributed by atoms with Crippen LogP contribution in [0.5, 0.6) is 0 Å². The monoisotopic (exact) mass is 328 g/mol. The Hall–Kier alpha value is -2.00. The van der Waals surface area contributed by atoms with E-state index in [-0.39, 0.29) is 5.91 Å². The van der Waals surface area contributed by atoms with Gasteiger partial charge in [-0.05, 0) is 30.7 Å². The molecule has 23 heavy (non-hydrogen) atoms. The number of hydrogen-bond donors (Lipinski definition) is 0. The van der Waals surface area contributed by atoms with E-state index < -0.39 is 0 Å². The van der Waals surface area contributed by atoms with Gasteiger partial charge in [-0.1, -0.05) is 47.5 Å². The molecule has 0 aliphatic carbocycles. The third-order valence-electron chi connectivity index (χ3n) is 4.24. The summed E-state index contributed by atoms with van der Waals surface area (Å²) in [7, 11) is 0. The van der Waals surface area contributed by atoms with Crippen molar-refractivity contribution >= 4 is 23.2 Å². The summed E-state index contributed by atoms with van der Waals surface area (Å²) in [6.45, 7) is 5.27. The van der Waals surface area contributed by atoms with Gasteiger partial charge in [-0.15, -0.1) is 0 Å². The highest BCUT2D eigenvalue weighted by atomic mass is 35.5. The molecular formula is C19H21ClN2O.